The molecule has 2 fully saturated rings. The molecule has 0 aromatic heterocycles. The molecule has 2 saturated heterocycles. The summed E-state index contributed by atoms with van der Waals surface area (Å²) in [5, 5.41) is 3.05. The van der Waals surface area contributed by atoms with E-state index in [4.69, 9.17) is 4.74 Å². The van der Waals surface area contributed by atoms with E-state index in [1.165, 1.54) is 0 Å². The fraction of sp³-hybridized carbons (Fsp3) is 0.941. The minimum Gasteiger partial charge on any atom is -0.378 e. The Morgan fingerprint density at radius 3 is 2.35 bits per heavy atom. The van der Waals surface area contributed by atoms with E-state index in [0.717, 1.165) is 65.1 Å². The monoisotopic (exact) mass is 326 g/mol. The summed E-state index contributed by atoms with van der Waals surface area (Å²) in [5.41, 5.74) is 0. The average molecular weight is 326 g/mol. The van der Waals surface area contributed by atoms with Crippen molar-refractivity contribution in [1.29, 1.82) is 0 Å². The van der Waals surface area contributed by atoms with Crippen LogP contribution >= 0.6 is 0 Å². The van der Waals surface area contributed by atoms with Gasteiger partial charge in [-0.15, -0.1) is 0 Å². The highest BCUT2D eigenvalue weighted by Gasteiger charge is 2.24. The number of hydrogen-bond donors (Lipinski definition) is 1. The van der Waals surface area contributed by atoms with Crippen LogP contribution in [-0.2, 0) is 9.53 Å². The smallest absolute Gasteiger partial charge is 0.237 e. The lowest BCUT2D eigenvalue weighted by molar-refractivity contribution is -0.126. The highest BCUT2D eigenvalue weighted by Crippen LogP contribution is 2.12. The van der Waals surface area contributed by atoms with Gasteiger partial charge in [0.1, 0.15) is 0 Å². The van der Waals surface area contributed by atoms with Crippen molar-refractivity contribution in [1.82, 2.24) is 20.0 Å². The molecule has 0 unspecified atom stereocenters. The number of likely N-dealkylation sites (N-methyl/N-ethyl adjacent to an activating group) is 1. The predicted octanol–water partition coefficient (Wildman–Crippen LogP) is 0.239. The van der Waals surface area contributed by atoms with Gasteiger partial charge in [0.05, 0.1) is 12.1 Å². The van der Waals surface area contributed by atoms with E-state index in [-0.39, 0.29) is 11.9 Å². The van der Waals surface area contributed by atoms with E-state index in [9.17, 15) is 4.79 Å². The number of piperidine rings is 1. The molecule has 6 heteroatoms. The third-order valence-electron chi connectivity index (χ3n) is 5.10. The van der Waals surface area contributed by atoms with Crippen LogP contribution < -0.4 is 5.32 Å². The molecule has 0 bridgehead atoms. The standard InChI is InChI=1S/C17H34N4O2/c1-15(21-12-10-20(3)11-13-21)17(22)18-7-4-14-23-16-5-8-19(2)9-6-16/h15-16H,4-14H2,1-3H3,(H,18,22)/t15-/m1/s1. The van der Waals surface area contributed by atoms with E-state index in [0.29, 0.717) is 12.6 Å². The molecule has 0 spiro atoms. The van der Waals surface area contributed by atoms with Gasteiger partial charge in [-0.3, -0.25) is 9.69 Å². The van der Waals surface area contributed by atoms with Crippen molar-refractivity contribution in [2.24, 2.45) is 0 Å². The van der Waals surface area contributed by atoms with Crippen molar-refractivity contribution >= 4 is 5.91 Å². The molecule has 0 aromatic carbocycles. The second-order valence-corrected chi connectivity index (χ2v) is 7.03. The van der Waals surface area contributed by atoms with Gasteiger partial charge in [0, 0.05) is 52.4 Å². The summed E-state index contributed by atoms with van der Waals surface area (Å²) in [4.78, 5) is 19.1. The molecular weight excluding hydrogens is 292 g/mol. The number of amides is 1. The van der Waals surface area contributed by atoms with Crippen molar-refractivity contribution < 1.29 is 9.53 Å². The molecule has 2 aliphatic rings. The number of nitrogens with zero attached hydrogens (tertiary/aromatic N) is 3. The highest BCUT2D eigenvalue weighted by molar-refractivity contribution is 5.81. The molecule has 2 aliphatic heterocycles. The number of rotatable bonds is 7. The molecule has 0 aliphatic carbocycles. The summed E-state index contributed by atoms with van der Waals surface area (Å²) in [7, 11) is 4.29. The van der Waals surface area contributed by atoms with Gasteiger partial charge in [-0.05, 0) is 40.3 Å². The van der Waals surface area contributed by atoms with Gasteiger partial charge in [-0.25, -0.2) is 0 Å². The number of nitrogens with one attached hydrogen (secondary N) is 1. The Kier molecular flexibility index (Phi) is 7.76. The largest absolute Gasteiger partial charge is 0.378 e. The summed E-state index contributed by atoms with van der Waals surface area (Å²) in [6.07, 6.45) is 3.56. The fourth-order valence-electron chi connectivity index (χ4n) is 3.21. The molecule has 6 nitrogen and oxygen atoms in total. The normalized spacial score (nSPS) is 23.8. The second kappa shape index (κ2) is 9.57. The van der Waals surface area contributed by atoms with Gasteiger partial charge in [-0.2, -0.15) is 0 Å². The Morgan fingerprint density at radius 1 is 1.09 bits per heavy atom. The van der Waals surface area contributed by atoms with Crippen LogP contribution in [0.5, 0.6) is 0 Å². The number of piperazine rings is 1. The molecule has 0 radical (unpaired) electrons. The molecule has 0 aromatic rings. The van der Waals surface area contributed by atoms with Crippen molar-refractivity contribution in [3.63, 3.8) is 0 Å². The third-order valence-corrected chi connectivity index (χ3v) is 5.10. The van der Waals surface area contributed by atoms with Crippen LogP contribution in [-0.4, -0.2) is 99.3 Å². The number of carbonyl (C=O) groups excluding carboxylic acids is 1. The number of carbonyl (C=O) groups is 1. The van der Waals surface area contributed by atoms with Crippen LogP contribution in [0, 0.1) is 0 Å². The molecule has 0 saturated carbocycles. The van der Waals surface area contributed by atoms with Crippen molar-refractivity contribution in [3.05, 3.63) is 0 Å². The molecule has 1 atom stereocenters. The summed E-state index contributed by atoms with van der Waals surface area (Å²) >= 11 is 0. The molecule has 1 N–H and O–H groups in total. The molecule has 2 heterocycles. The Balaban J connectivity index is 1.52. The predicted molar refractivity (Wildman–Crippen MR) is 92.6 cm³/mol. The third kappa shape index (κ3) is 6.37. The minimum atomic E-state index is -0.0292. The maximum atomic E-state index is 12.2. The Morgan fingerprint density at radius 2 is 1.70 bits per heavy atom. The first-order valence-corrected chi connectivity index (χ1v) is 9.06. The first-order chi connectivity index (χ1) is 11.1. The van der Waals surface area contributed by atoms with Crippen molar-refractivity contribution in [2.45, 2.75) is 38.3 Å². The minimum absolute atomic E-state index is 0.0292. The Hall–Kier alpha value is -0.690. The lowest BCUT2D eigenvalue weighted by atomic mass is 10.1. The number of likely N-dealkylation sites (tertiary alicyclic amines) is 1. The van der Waals surface area contributed by atoms with Crippen LogP contribution in [0.15, 0.2) is 0 Å². The van der Waals surface area contributed by atoms with Crippen molar-refractivity contribution in [2.75, 3.05) is 66.5 Å². The molecular formula is C17H34N4O2. The van der Waals surface area contributed by atoms with Gasteiger partial charge < -0.3 is 19.9 Å². The molecule has 23 heavy (non-hydrogen) atoms. The van der Waals surface area contributed by atoms with E-state index in [2.05, 4.69) is 34.1 Å². The molecule has 2 rings (SSSR count). The lowest BCUT2D eigenvalue weighted by Gasteiger charge is -2.35. The maximum absolute atomic E-state index is 12.2. The first-order valence-electron chi connectivity index (χ1n) is 9.06. The zero-order valence-corrected chi connectivity index (χ0v) is 15.1. The highest BCUT2D eigenvalue weighted by atomic mass is 16.5. The van der Waals surface area contributed by atoms with Crippen LogP contribution in [0.25, 0.3) is 0 Å². The van der Waals surface area contributed by atoms with Crippen LogP contribution in [0.4, 0.5) is 0 Å². The van der Waals surface area contributed by atoms with Crippen LogP contribution in [0.3, 0.4) is 0 Å². The summed E-state index contributed by atoms with van der Waals surface area (Å²) < 4.78 is 5.91. The van der Waals surface area contributed by atoms with Crippen LogP contribution in [0.2, 0.25) is 0 Å². The van der Waals surface area contributed by atoms with E-state index < -0.39 is 0 Å². The topological polar surface area (TPSA) is 48.1 Å². The summed E-state index contributed by atoms with van der Waals surface area (Å²) in [5.74, 6) is 0.147. The van der Waals surface area contributed by atoms with E-state index in [1.807, 2.05) is 6.92 Å². The quantitative estimate of drug-likeness (QED) is 0.679. The molecule has 1 amide bonds. The van der Waals surface area contributed by atoms with Gasteiger partial charge >= 0.3 is 0 Å². The maximum Gasteiger partial charge on any atom is 0.237 e. The fourth-order valence-corrected chi connectivity index (χ4v) is 3.21. The molecule has 134 valence electrons. The first kappa shape index (κ1) is 18.6. The summed E-state index contributed by atoms with van der Waals surface area (Å²) in [6.45, 7) is 9.77. The second-order valence-electron chi connectivity index (χ2n) is 7.03. The Bertz CT molecular complexity index is 351. The zero-order chi connectivity index (χ0) is 16.7. The van der Waals surface area contributed by atoms with E-state index >= 15 is 0 Å². The van der Waals surface area contributed by atoms with Crippen molar-refractivity contribution in [3.8, 4) is 0 Å². The Labute approximate surface area is 141 Å². The zero-order valence-electron chi connectivity index (χ0n) is 15.1. The van der Waals surface area contributed by atoms with Gasteiger partial charge in [0.2, 0.25) is 5.91 Å². The van der Waals surface area contributed by atoms with E-state index in [1.54, 1.807) is 0 Å². The van der Waals surface area contributed by atoms with Crippen LogP contribution in [0.1, 0.15) is 26.2 Å². The van der Waals surface area contributed by atoms with Gasteiger partial charge in [-0.1, -0.05) is 0 Å². The summed E-state index contributed by atoms with van der Waals surface area (Å²) in [6, 6.07) is -0.0292. The van der Waals surface area contributed by atoms with Gasteiger partial charge in [0.25, 0.3) is 0 Å². The number of ether oxygens (including phenoxy) is 1. The lowest BCUT2D eigenvalue weighted by Crippen LogP contribution is -2.53. The SMILES string of the molecule is C[C@H](C(=O)NCCCOC1CCN(C)CC1)N1CCN(C)CC1. The van der Waals surface area contributed by atoms with Gasteiger partial charge in [0.15, 0.2) is 0 Å². The average Bonchev–Trinajstić information content (AvgIpc) is 2.56. The number of hydrogen-bond acceptors (Lipinski definition) is 5.